The smallest absolute Gasteiger partial charge is 0.450 e. The maximum absolute atomic E-state index is 13.1. The molecule has 4 rings (SSSR count). The minimum Gasteiger partial charge on any atom is -0.456 e. The van der Waals surface area contributed by atoms with Crippen LogP contribution in [0.5, 0.6) is 0 Å². The van der Waals surface area contributed by atoms with Gasteiger partial charge in [0.1, 0.15) is 11.6 Å². The van der Waals surface area contributed by atoms with E-state index in [9.17, 15) is 18.0 Å². The monoisotopic (exact) mass is 475 g/mol. The number of fused-ring (bicyclic) bond motifs is 1. The predicted molar refractivity (Wildman–Crippen MR) is 124 cm³/mol. The summed E-state index contributed by atoms with van der Waals surface area (Å²) in [6, 6.07) is 9.18. The average Bonchev–Trinajstić information content (AvgIpc) is 3.20. The van der Waals surface area contributed by atoms with Crippen LogP contribution in [0.4, 0.5) is 24.9 Å². The van der Waals surface area contributed by atoms with Gasteiger partial charge in [-0.3, -0.25) is 4.79 Å². The fraction of sp³-hybridized carbons (Fsp3) is 0.458. The van der Waals surface area contributed by atoms with E-state index < -0.39 is 23.4 Å². The van der Waals surface area contributed by atoms with E-state index >= 15 is 0 Å². The van der Waals surface area contributed by atoms with Crippen molar-refractivity contribution >= 4 is 28.6 Å². The van der Waals surface area contributed by atoms with Crippen LogP contribution in [0.25, 0.3) is 10.9 Å². The zero-order valence-electron chi connectivity index (χ0n) is 19.4. The third-order valence-corrected chi connectivity index (χ3v) is 6.10. The molecule has 0 saturated heterocycles. The lowest BCUT2D eigenvalue weighted by atomic mass is 9.86. The van der Waals surface area contributed by atoms with Crippen LogP contribution in [-0.2, 0) is 6.18 Å². The highest BCUT2D eigenvalue weighted by atomic mass is 19.4. The number of nitrogens with zero attached hydrogens (tertiary/aromatic N) is 3. The lowest BCUT2D eigenvalue weighted by Crippen LogP contribution is -2.34. The molecule has 0 aliphatic heterocycles. The van der Waals surface area contributed by atoms with Gasteiger partial charge in [-0.05, 0) is 56.7 Å². The summed E-state index contributed by atoms with van der Waals surface area (Å²) in [6.45, 7) is 1.71. The molecule has 2 heterocycles. The number of aromatic nitrogens is 2. The van der Waals surface area contributed by atoms with Crippen molar-refractivity contribution in [2.24, 2.45) is 5.92 Å². The minimum absolute atomic E-state index is 0.0531. The summed E-state index contributed by atoms with van der Waals surface area (Å²) in [7, 11) is 3.89. The molecule has 182 valence electrons. The van der Waals surface area contributed by atoms with Crippen molar-refractivity contribution in [1.29, 1.82) is 0 Å². The Labute approximate surface area is 195 Å². The van der Waals surface area contributed by atoms with Gasteiger partial charge in [0.15, 0.2) is 0 Å². The molecule has 1 aliphatic rings. The second-order valence-electron chi connectivity index (χ2n) is 8.95. The summed E-state index contributed by atoms with van der Waals surface area (Å²) < 4.78 is 44.0. The first-order valence-electron chi connectivity index (χ1n) is 11.3. The molecule has 0 atom stereocenters. The Morgan fingerprint density at radius 2 is 1.85 bits per heavy atom. The van der Waals surface area contributed by atoms with Crippen LogP contribution in [-0.4, -0.2) is 42.6 Å². The number of alkyl halides is 3. The molecular formula is C24H28F3N5O2. The molecule has 1 fully saturated rings. The number of aryl methyl sites for hydroxylation is 1. The fourth-order valence-electron chi connectivity index (χ4n) is 4.38. The molecule has 2 aromatic heterocycles. The quantitative estimate of drug-likeness (QED) is 0.521. The largest absolute Gasteiger partial charge is 0.456 e. The van der Waals surface area contributed by atoms with Crippen LogP contribution in [0.1, 0.15) is 47.6 Å². The standard InChI is InChI=1S/C24H28F3N5O2/c1-14-12-18(20(34-14)24(25,26)27)22(33)28-13-15-8-10-16(11-9-15)29-23-30-19-7-5-4-6-17(19)21(31-23)32(2)3/h4-7,12,15-16H,8-11,13H2,1-3H3,(H,28,33)(H,29,30,31). The van der Waals surface area contributed by atoms with E-state index in [0.29, 0.717) is 12.5 Å². The molecule has 2 N–H and O–H groups in total. The van der Waals surface area contributed by atoms with Gasteiger partial charge in [0, 0.05) is 32.1 Å². The van der Waals surface area contributed by atoms with Gasteiger partial charge in [-0.25, -0.2) is 4.98 Å². The number of furan rings is 1. The Morgan fingerprint density at radius 3 is 2.53 bits per heavy atom. The maximum Gasteiger partial charge on any atom is 0.450 e. The van der Waals surface area contributed by atoms with Crippen molar-refractivity contribution in [3.8, 4) is 0 Å². The van der Waals surface area contributed by atoms with Crippen LogP contribution in [0.15, 0.2) is 34.7 Å². The van der Waals surface area contributed by atoms with Crippen LogP contribution >= 0.6 is 0 Å². The summed E-state index contributed by atoms with van der Waals surface area (Å²) in [5.41, 5.74) is 0.401. The van der Waals surface area contributed by atoms with Crippen molar-refractivity contribution in [3.63, 3.8) is 0 Å². The van der Waals surface area contributed by atoms with Crippen LogP contribution in [0, 0.1) is 12.8 Å². The van der Waals surface area contributed by atoms with E-state index in [1.807, 2.05) is 43.3 Å². The summed E-state index contributed by atoms with van der Waals surface area (Å²) in [6.07, 6.45) is -1.33. The number of carbonyl (C=O) groups is 1. The minimum atomic E-state index is -4.71. The maximum atomic E-state index is 13.1. The lowest BCUT2D eigenvalue weighted by Gasteiger charge is -2.29. The first kappa shape index (κ1) is 23.8. The first-order chi connectivity index (χ1) is 16.1. The van der Waals surface area contributed by atoms with Gasteiger partial charge in [0.05, 0.1) is 11.1 Å². The van der Waals surface area contributed by atoms with Crippen LogP contribution in [0.3, 0.4) is 0 Å². The average molecular weight is 476 g/mol. The number of nitrogens with one attached hydrogen (secondary N) is 2. The molecular weight excluding hydrogens is 447 g/mol. The number of hydrogen-bond donors (Lipinski definition) is 2. The summed E-state index contributed by atoms with van der Waals surface area (Å²) in [5, 5.41) is 7.07. The Hall–Kier alpha value is -3.30. The summed E-state index contributed by atoms with van der Waals surface area (Å²) in [5.74, 6) is -0.337. The fourth-order valence-corrected chi connectivity index (χ4v) is 4.38. The van der Waals surface area contributed by atoms with Crippen LogP contribution < -0.4 is 15.5 Å². The highest BCUT2D eigenvalue weighted by molar-refractivity contribution is 5.95. The molecule has 1 aliphatic carbocycles. The third kappa shape index (κ3) is 5.26. The number of para-hydroxylation sites is 1. The molecule has 7 nitrogen and oxygen atoms in total. The van der Waals surface area contributed by atoms with E-state index in [0.717, 1.165) is 48.5 Å². The zero-order chi connectivity index (χ0) is 24.5. The Morgan fingerprint density at radius 1 is 1.15 bits per heavy atom. The topological polar surface area (TPSA) is 83.3 Å². The Balaban J connectivity index is 1.33. The number of amides is 1. The van der Waals surface area contributed by atoms with Gasteiger partial charge >= 0.3 is 6.18 Å². The number of anilines is 2. The molecule has 0 radical (unpaired) electrons. The van der Waals surface area contributed by atoms with Gasteiger partial charge in [0.2, 0.25) is 11.7 Å². The summed E-state index contributed by atoms with van der Waals surface area (Å²) >= 11 is 0. The van der Waals surface area contributed by atoms with Gasteiger partial charge in [0.25, 0.3) is 5.91 Å². The molecule has 0 bridgehead atoms. The van der Waals surface area contributed by atoms with Crippen molar-refractivity contribution < 1.29 is 22.4 Å². The van der Waals surface area contributed by atoms with Crippen molar-refractivity contribution in [2.45, 2.75) is 44.8 Å². The number of halogens is 3. The summed E-state index contributed by atoms with van der Waals surface area (Å²) in [4.78, 5) is 23.7. The molecule has 0 spiro atoms. The molecule has 1 aromatic carbocycles. The van der Waals surface area contributed by atoms with Gasteiger partial charge < -0.3 is 20.0 Å². The number of benzene rings is 1. The van der Waals surface area contributed by atoms with Crippen molar-refractivity contribution in [3.05, 3.63) is 47.4 Å². The van der Waals surface area contributed by atoms with Gasteiger partial charge in [-0.1, -0.05) is 12.1 Å². The normalized spacial score (nSPS) is 18.6. The predicted octanol–water partition coefficient (Wildman–Crippen LogP) is 5.02. The van der Waals surface area contributed by atoms with Gasteiger partial charge in [-0.15, -0.1) is 0 Å². The molecule has 1 saturated carbocycles. The number of hydrogen-bond acceptors (Lipinski definition) is 6. The molecule has 34 heavy (non-hydrogen) atoms. The highest BCUT2D eigenvalue weighted by Crippen LogP contribution is 2.34. The highest BCUT2D eigenvalue weighted by Gasteiger charge is 2.40. The zero-order valence-corrected chi connectivity index (χ0v) is 19.4. The molecule has 1 amide bonds. The SMILES string of the molecule is Cc1cc(C(=O)NCC2CCC(Nc3nc(N(C)C)c4ccccc4n3)CC2)c(C(F)(F)F)o1. The Bertz CT molecular complexity index is 1170. The molecule has 0 unspecified atom stereocenters. The first-order valence-corrected chi connectivity index (χ1v) is 11.3. The van der Waals surface area contributed by atoms with E-state index in [4.69, 9.17) is 4.42 Å². The second kappa shape index (κ2) is 9.52. The van der Waals surface area contributed by atoms with Crippen molar-refractivity contribution in [2.75, 3.05) is 30.9 Å². The number of rotatable bonds is 6. The number of carbonyl (C=O) groups excluding carboxylic acids is 1. The van der Waals surface area contributed by atoms with E-state index in [-0.39, 0.29) is 17.7 Å². The third-order valence-electron chi connectivity index (χ3n) is 6.10. The second-order valence-corrected chi connectivity index (χ2v) is 8.95. The van der Waals surface area contributed by atoms with E-state index in [1.54, 1.807) is 0 Å². The van der Waals surface area contributed by atoms with Gasteiger partial charge in [-0.2, -0.15) is 18.2 Å². The van der Waals surface area contributed by atoms with Crippen LogP contribution in [0.2, 0.25) is 0 Å². The van der Waals surface area contributed by atoms with E-state index in [2.05, 4.69) is 20.6 Å². The molecule has 3 aromatic rings. The lowest BCUT2D eigenvalue weighted by molar-refractivity contribution is -0.153. The van der Waals surface area contributed by atoms with E-state index in [1.165, 1.54) is 6.92 Å². The Kier molecular flexibility index (Phi) is 6.67. The van der Waals surface area contributed by atoms with Crippen molar-refractivity contribution in [1.82, 2.24) is 15.3 Å². The molecule has 10 heteroatoms.